The summed E-state index contributed by atoms with van der Waals surface area (Å²) in [7, 11) is 0. The van der Waals surface area contributed by atoms with Crippen LogP contribution in [-0.4, -0.2) is 54.6 Å². The second-order valence-corrected chi connectivity index (χ2v) is 9.43. The fraction of sp³-hybridized carbons (Fsp3) is 0.267. The molecule has 0 amide bonds. The van der Waals surface area contributed by atoms with Crippen molar-refractivity contribution in [3.63, 3.8) is 0 Å². The quantitative estimate of drug-likeness (QED) is 0.200. The van der Waals surface area contributed by atoms with E-state index in [0.29, 0.717) is 37.0 Å². The van der Waals surface area contributed by atoms with E-state index in [1.807, 2.05) is 71.6 Å². The topological polar surface area (TPSA) is 106 Å². The van der Waals surface area contributed by atoms with Crippen LogP contribution in [0.25, 0.3) is 12.2 Å². The largest absolute Gasteiger partial charge is 0.493 e. The van der Waals surface area contributed by atoms with Gasteiger partial charge in [0.25, 0.3) is 0 Å². The first-order valence-electron chi connectivity index (χ1n) is 12.7. The van der Waals surface area contributed by atoms with Gasteiger partial charge in [0.15, 0.2) is 5.75 Å². The van der Waals surface area contributed by atoms with E-state index in [9.17, 15) is 14.7 Å². The number of aliphatic carboxylic acids is 2. The number of ether oxygens (including phenoxy) is 3. The summed E-state index contributed by atoms with van der Waals surface area (Å²) in [5, 5.41) is 19.2. The first kappa shape index (κ1) is 27.9. The first-order chi connectivity index (χ1) is 18.9. The molecule has 0 saturated carbocycles. The van der Waals surface area contributed by atoms with Crippen LogP contribution < -0.4 is 19.1 Å². The molecule has 0 bridgehead atoms. The van der Waals surface area contributed by atoms with Crippen molar-refractivity contribution in [2.24, 2.45) is 0 Å². The van der Waals surface area contributed by atoms with Crippen LogP contribution in [0.5, 0.6) is 17.2 Å². The summed E-state index contributed by atoms with van der Waals surface area (Å²) in [6.07, 6.45) is 3.90. The van der Waals surface area contributed by atoms with Crippen LogP contribution in [0, 0.1) is 0 Å². The average Bonchev–Trinajstić information content (AvgIpc) is 2.92. The van der Waals surface area contributed by atoms with Gasteiger partial charge in [0, 0.05) is 30.0 Å². The zero-order valence-electron chi connectivity index (χ0n) is 21.3. The van der Waals surface area contributed by atoms with Crippen LogP contribution in [0.2, 0.25) is 5.02 Å². The number of para-hydroxylation sites is 1. The molecule has 4 rings (SSSR count). The molecule has 0 saturated heterocycles. The average molecular weight is 552 g/mol. The Hall–Kier alpha value is -4.17. The lowest BCUT2D eigenvalue weighted by atomic mass is 10.1. The van der Waals surface area contributed by atoms with Crippen LogP contribution in [-0.2, 0) is 9.59 Å². The molecule has 0 fully saturated rings. The molecule has 9 heteroatoms. The molecule has 8 nitrogen and oxygen atoms in total. The molecule has 3 aromatic carbocycles. The number of hydrogen-bond donors (Lipinski definition) is 2. The molecule has 2 N–H and O–H groups in total. The standard InChI is InChI=1S/C30H30ClNO7/c31-23-6-2-7-25(19-23)38-18-4-17-37-24-14-11-21(12-15-24)10-13-22-5-1-8-26-29(22)39-27(30(35)36)20-32(26)16-3-9-28(33)34/h1-2,5-8,10-15,19,27H,3-4,9,16-18,20H2,(H,33,34)(H,35,36). The van der Waals surface area contributed by atoms with Gasteiger partial charge in [0.2, 0.25) is 6.10 Å². The maximum Gasteiger partial charge on any atom is 0.346 e. The lowest BCUT2D eigenvalue weighted by Crippen LogP contribution is -2.45. The minimum Gasteiger partial charge on any atom is -0.493 e. The van der Waals surface area contributed by atoms with Crippen LogP contribution in [0.15, 0.2) is 66.7 Å². The van der Waals surface area contributed by atoms with E-state index in [-0.39, 0.29) is 13.0 Å². The molecule has 204 valence electrons. The number of fused-ring (bicyclic) bond motifs is 1. The molecule has 0 radical (unpaired) electrons. The molecule has 0 aliphatic carbocycles. The highest BCUT2D eigenvalue weighted by Gasteiger charge is 2.31. The zero-order valence-corrected chi connectivity index (χ0v) is 22.0. The maximum absolute atomic E-state index is 11.7. The summed E-state index contributed by atoms with van der Waals surface area (Å²) in [5.41, 5.74) is 2.43. The Bertz CT molecular complexity index is 1310. The predicted octanol–water partition coefficient (Wildman–Crippen LogP) is 5.88. The van der Waals surface area contributed by atoms with Gasteiger partial charge in [-0.2, -0.15) is 0 Å². The van der Waals surface area contributed by atoms with Crippen LogP contribution in [0.4, 0.5) is 5.69 Å². The van der Waals surface area contributed by atoms with Gasteiger partial charge < -0.3 is 29.3 Å². The van der Waals surface area contributed by atoms with Gasteiger partial charge in [-0.1, -0.05) is 54.1 Å². The summed E-state index contributed by atoms with van der Waals surface area (Å²) >= 11 is 5.96. The van der Waals surface area contributed by atoms with Crippen LogP contribution in [0.1, 0.15) is 30.4 Å². The SMILES string of the molecule is O=C(O)CCCN1CC(C(=O)O)Oc2c(C=Cc3ccc(OCCCOc4cccc(Cl)c4)cc3)cccc21. The molecule has 1 atom stereocenters. The van der Waals surface area contributed by atoms with E-state index in [1.54, 1.807) is 12.1 Å². The summed E-state index contributed by atoms with van der Waals surface area (Å²) in [4.78, 5) is 24.5. The molecule has 39 heavy (non-hydrogen) atoms. The number of carboxylic acid groups (broad SMARTS) is 2. The number of halogens is 1. The van der Waals surface area contributed by atoms with Crippen LogP contribution in [0.3, 0.4) is 0 Å². The number of nitrogens with zero attached hydrogens (tertiary/aromatic N) is 1. The van der Waals surface area contributed by atoms with E-state index in [0.717, 1.165) is 34.7 Å². The van der Waals surface area contributed by atoms with E-state index < -0.39 is 18.0 Å². The molecule has 1 heterocycles. The van der Waals surface area contributed by atoms with E-state index in [1.165, 1.54) is 0 Å². The second kappa shape index (κ2) is 13.6. The van der Waals surface area contributed by atoms with Crippen molar-refractivity contribution in [2.75, 3.05) is 31.2 Å². The van der Waals surface area contributed by atoms with Gasteiger partial charge in [0.1, 0.15) is 11.5 Å². The normalized spacial score (nSPS) is 14.5. The molecule has 0 spiro atoms. The molecular formula is C30H30ClNO7. The fourth-order valence-electron chi connectivity index (χ4n) is 4.15. The minimum atomic E-state index is -1.06. The first-order valence-corrected chi connectivity index (χ1v) is 13.1. The summed E-state index contributed by atoms with van der Waals surface area (Å²) in [5.74, 6) is 0.0101. The van der Waals surface area contributed by atoms with Crippen molar-refractivity contribution < 1.29 is 34.0 Å². The van der Waals surface area contributed by atoms with Gasteiger partial charge in [-0.15, -0.1) is 0 Å². The zero-order chi connectivity index (χ0) is 27.6. The molecule has 1 aliphatic heterocycles. The number of benzene rings is 3. The van der Waals surface area contributed by atoms with Crippen molar-refractivity contribution in [1.82, 2.24) is 0 Å². The maximum atomic E-state index is 11.7. The Labute approximate surface area is 232 Å². The minimum absolute atomic E-state index is 0.0144. The highest BCUT2D eigenvalue weighted by molar-refractivity contribution is 6.30. The summed E-state index contributed by atoms with van der Waals surface area (Å²) in [6.45, 7) is 1.61. The Morgan fingerprint density at radius 1 is 0.949 bits per heavy atom. The Kier molecular flexibility index (Phi) is 9.69. The third-order valence-electron chi connectivity index (χ3n) is 6.06. The van der Waals surface area contributed by atoms with Gasteiger partial charge in [-0.3, -0.25) is 4.79 Å². The molecule has 1 aliphatic rings. The number of carbonyl (C=O) groups is 2. The third kappa shape index (κ3) is 8.15. The molecular weight excluding hydrogens is 522 g/mol. The fourth-order valence-corrected chi connectivity index (χ4v) is 4.33. The van der Waals surface area contributed by atoms with E-state index in [2.05, 4.69) is 0 Å². The van der Waals surface area contributed by atoms with Crippen molar-refractivity contribution in [1.29, 1.82) is 0 Å². The smallest absolute Gasteiger partial charge is 0.346 e. The highest BCUT2D eigenvalue weighted by Crippen LogP contribution is 2.38. The van der Waals surface area contributed by atoms with Gasteiger partial charge in [0.05, 0.1) is 25.4 Å². The van der Waals surface area contributed by atoms with E-state index in [4.69, 9.17) is 30.9 Å². The lowest BCUT2D eigenvalue weighted by molar-refractivity contribution is -0.145. The van der Waals surface area contributed by atoms with Crippen molar-refractivity contribution >= 4 is 41.4 Å². The van der Waals surface area contributed by atoms with Crippen molar-refractivity contribution in [3.8, 4) is 17.2 Å². The molecule has 1 unspecified atom stereocenters. The highest BCUT2D eigenvalue weighted by atomic mass is 35.5. The number of carboxylic acids is 2. The summed E-state index contributed by atoms with van der Waals surface area (Å²) in [6, 6.07) is 20.5. The monoisotopic (exact) mass is 551 g/mol. The second-order valence-electron chi connectivity index (χ2n) is 8.99. The van der Waals surface area contributed by atoms with Gasteiger partial charge in [-0.05, 0) is 48.4 Å². The Balaban J connectivity index is 1.34. The predicted molar refractivity (Wildman–Crippen MR) is 150 cm³/mol. The Morgan fingerprint density at radius 2 is 1.69 bits per heavy atom. The van der Waals surface area contributed by atoms with Crippen molar-refractivity contribution in [3.05, 3.63) is 82.9 Å². The van der Waals surface area contributed by atoms with E-state index >= 15 is 0 Å². The lowest BCUT2D eigenvalue weighted by Gasteiger charge is -2.35. The van der Waals surface area contributed by atoms with Crippen molar-refractivity contribution in [2.45, 2.75) is 25.4 Å². The number of anilines is 1. The van der Waals surface area contributed by atoms with Gasteiger partial charge in [-0.25, -0.2) is 4.79 Å². The van der Waals surface area contributed by atoms with Gasteiger partial charge >= 0.3 is 11.9 Å². The summed E-state index contributed by atoms with van der Waals surface area (Å²) < 4.78 is 17.3. The molecule has 0 aromatic heterocycles. The third-order valence-corrected chi connectivity index (χ3v) is 6.30. The Morgan fingerprint density at radius 3 is 2.41 bits per heavy atom. The number of hydrogen-bond acceptors (Lipinski definition) is 6. The number of rotatable bonds is 13. The van der Waals surface area contributed by atoms with Crippen LogP contribution >= 0.6 is 11.6 Å². The molecule has 3 aromatic rings.